The first-order chi connectivity index (χ1) is 20.6. The zero-order valence-electron chi connectivity index (χ0n) is 25.1. The van der Waals surface area contributed by atoms with Crippen LogP contribution in [0.1, 0.15) is 63.4 Å². The normalized spacial score (nSPS) is 13.8. The third kappa shape index (κ3) is 7.49. The van der Waals surface area contributed by atoms with Crippen molar-refractivity contribution in [2.24, 2.45) is 0 Å². The fourth-order valence-electron chi connectivity index (χ4n) is 5.36. The van der Waals surface area contributed by atoms with Crippen LogP contribution in [0.4, 0.5) is 10.6 Å². The molecule has 1 aliphatic rings. The summed E-state index contributed by atoms with van der Waals surface area (Å²) in [7, 11) is 0. The summed E-state index contributed by atoms with van der Waals surface area (Å²) in [5, 5.41) is 1.61. The van der Waals surface area contributed by atoms with Crippen molar-refractivity contribution < 1.29 is 23.8 Å². The summed E-state index contributed by atoms with van der Waals surface area (Å²) in [6.45, 7) is 8.75. The molecule has 9 heteroatoms. The molecule has 0 saturated heterocycles. The van der Waals surface area contributed by atoms with Crippen LogP contribution in [0.15, 0.2) is 66.9 Å². The Hall–Kier alpha value is -4.04. The van der Waals surface area contributed by atoms with Crippen molar-refractivity contribution in [1.29, 1.82) is 0 Å². The van der Waals surface area contributed by atoms with Gasteiger partial charge in [-0.2, -0.15) is 0 Å². The van der Waals surface area contributed by atoms with Crippen molar-refractivity contribution in [1.82, 2.24) is 9.55 Å². The van der Waals surface area contributed by atoms with Gasteiger partial charge in [0.05, 0.1) is 25.7 Å². The molecule has 2 aromatic carbocycles. The van der Waals surface area contributed by atoms with E-state index in [-0.39, 0.29) is 24.5 Å². The van der Waals surface area contributed by atoms with Crippen LogP contribution in [0, 0.1) is 0 Å². The first-order valence-corrected chi connectivity index (χ1v) is 15.1. The van der Waals surface area contributed by atoms with Gasteiger partial charge in [-0.25, -0.2) is 9.78 Å². The summed E-state index contributed by atoms with van der Waals surface area (Å²) in [6, 6.07) is 19.3. The molecule has 4 aromatic rings. The van der Waals surface area contributed by atoms with Crippen LogP contribution in [0.2, 0.25) is 5.02 Å². The molecule has 0 N–H and O–H groups in total. The maximum atomic E-state index is 12.8. The number of esters is 1. The second-order valence-electron chi connectivity index (χ2n) is 11.6. The van der Waals surface area contributed by atoms with E-state index >= 15 is 0 Å². The Balaban J connectivity index is 1.29. The van der Waals surface area contributed by atoms with E-state index in [0.29, 0.717) is 37.0 Å². The maximum Gasteiger partial charge on any atom is 0.416 e. The highest BCUT2D eigenvalue weighted by Gasteiger charge is 2.28. The number of pyridine rings is 1. The van der Waals surface area contributed by atoms with Crippen LogP contribution >= 0.6 is 11.6 Å². The number of benzene rings is 2. The molecule has 0 fully saturated rings. The Kier molecular flexibility index (Phi) is 9.25. The summed E-state index contributed by atoms with van der Waals surface area (Å²) in [5.41, 5.74) is 3.24. The van der Waals surface area contributed by atoms with E-state index in [2.05, 4.69) is 10.6 Å². The lowest BCUT2D eigenvalue weighted by Crippen LogP contribution is -2.40. The molecule has 1 atom stereocenters. The number of aryl methyl sites for hydroxylation is 1. The number of rotatable bonds is 9. The molecule has 226 valence electrons. The highest BCUT2D eigenvalue weighted by molar-refractivity contribution is 6.30. The fourth-order valence-corrected chi connectivity index (χ4v) is 5.56. The minimum absolute atomic E-state index is 0.190. The first-order valence-electron chi connectivity index (χ1n) is 14.7. The van der Waals surface area contributed by atoms with Gasteiger partial charge >= 0.3 is 12.1 Å². The van der Waals surface area contributed by atoms with Crippen LogP contribution in [-0.4, -0.2) is 47.0 Å². The molecule has 43 heavy (non-hydrogen) atoms. The molecule has 1 aliphatic heterocycles. The van der Waals surface area contributed by atoms with Gasteiger partial charge in [0, 0.05) is 40.8 Å². The summed E-state index contributed by atoms with van der Waals surface area (Å²) in [4.78, 5) is 31.8. The Bertz CT molecular complexity index is 1610. The molecule has 8 nitrogen and oxygen atoms in total. The largest absolute Gasteiger partial charge is 0.493 e. The van der Waals surface area contributed by atoms with Gasteiger partial charge in [0.2, 0.25) is 0 Å². The van der Waals surface area contributed by atoms with Gasteiger partial charge in [-0.3, -0.25) is 9.69 Å². The Morgan fingerprint density at radius 1 is 1.07 bits per heavy atom. The Labute approximate surface area is 257 Å². The molecular formula is C34H38ClN3O5. The number of anilines is 1. The maximum absolute atomic E-state index is 12.8. The molecule has 0 spiro atoms. The molecule has 0 bridgehead atoms. The van der Waals surface area contributed by atoms with Crippen molar-refractivity contribution in [3.8, 4) is 5.75 Å². The smallest absolute Gasteiger partial charge is 0.416 e. The summed E-state index contributed by atoms with van der Waals surface area (Å²) in [5.74, 6) is 1.15. The van der Waals surface area contributed by atoms with Gasteiger partial charge in [-0.05, 0) is 94.1 Å². The monoisotopic (exact) mass is 603 g/mol. The van der Waals surface area contributed by atoms with Crippen LogP contribution in [-0.2, 0) is 27.1 Å². The number of nitrogens with zero attached hydrogens (tertiary/aromatic N) is 3. The van der Waals surface area contributed by atoms with Crippen LogP contribution < -0.4 is 9.64 Å². The lowest BCUT2D eigenvalue weighted by molar-refractivity contribution is -0.143. The van der Waals surface area contributed by atoms with E-state index in [9.17, 15) is 9.59 Å². The predicted molar refractivity (Wildman–Crippen MR) is 168 cm³/mol. The topological polar surface area (TPSA) is 82.9 Å². The zero-order valence-corrected chi connectivity index (χ0v) is 25.9. The van der Waals surface area contributed by atoms with Crippen molar-refractivity contribution in [2.45, 2.75) is 65.0 Å². The van der Waals surface area contributed by atoms with E-state index in [1.54, 1.807) is 11.8 Å². The first kappa shape index (κ1) is 30.4. The number of halogens is 1. The van der Waals surface area contributed by atoms with E-state index in [4.69, 9.17) is 30.8 Å². The zero-order chi connectivity index (χ0) is 30.6. The van der Waals surface area contributed by atoms with E-state index in [0.717, 1.165) is 46.3 Å². The molecular weight excluding hydrogens is 566 g/mol. The molecule has 1 amide bonds. The fraction of sp³-hybridized carbons (Fsp3) is 0.382. The van der Waals surface area contributed by atoms with Gasteiger partial charge < -0.3 is 18.8 Å². The number of ether oxygens (including phenoxy) is 3. The second-order valence-corrected chi connectivity index (χ2v) is 12.1. The average Bonchev–Trinajstić information content (AvgIpc) is 3.38. The van der Waals surface area contributed by atoms with Gasteiger partial charge in [0.1, 0.15) is 17.2 Å². The molecule has 0 aliphatic carbocycles. The molecule has 5 rings (SSSR count). The van der Waals surface area contributed by atoms with Gasteiger partial charge in [-0.15, -0.1) is 0 Å². The molecule has 3 heterocycles. The number of carbonyl (C=O) groups is 2. The second kappa shape index (κ2) is 13.1. The van der Waals surface area contributed by atoms with Crippen LogP contribution in [0.5, 0.6) is 5.75 Å². The van der Waals surface area contributed by atoms with Crippen molar-refractivity contribution >= 4 is 40.4 Å². The summed E-state index contributed by atoms with van der Waals surface area (Å²) < 4.78 is 19.1. The van der Waals surface area contributed by atoms with E-state index < -0.39 is 5.60 Å². The third-order valence-corrected chi connectivity index (χ3v) is 7.50. The van der Waals surface area contributed by atoms with Crippen LogP contribution in [0.25, 0.3) is 10.9 Å². The molecule has 2 aromatic heterocycles. The Morgan fingerprint density at radius 3 is 2.67 bits per heavy atom. The molecule has 0 saturated carbocycles. The summed E-state index contributed by atoms with van der Waals surface area (Å²) in [6.07, 6.45) is 4.15. The van der Waals surface area contributed by atoms with Crippen LogP contribution in [0.3, 0.4) is 0 Å². The average molecular weight is 604 g/mol. The van der Waals surface area contributed by atoms with Crippen molar-refractivity contribution in [3.63, 3.8) is 0 Å². The lowest BCUT2D eigenvalue weighted by Gasteiger charge is -2.31. The lowest BCUT2D eigenvalue weighted by atomic mass is 10.0. The van der Waals surface area contributed by atoms with Crippen molar-refractivity contribution in [2.75, 3.05) is 24.7 Å². The highest BCUT2D eigenvalue weighted by Crippen LogP contribution is 2.32. The third-order valence-electron chi connectivity index (χ3n) is 7.26. The van der Waals surface area contributed by atoms with Gasteiger partial charge in [0.15, 0.2) is 0 Å². The predicted octanol–water partition coefficient (Wildman–Crippen LogP) is 7.54. The Morgan fingerprint density at radius 2 is 1.91 bits per heavy atom. The number of carbonyl (C=O) groups excluding carboxylic acids is 2. The number of hydrogen-bond donors (Lipinski definition) is 0. The number of hydrogen-bond acceptors (Lipinski definition) is 6. The quantitative estimate of drug-likeness (QED) is 0.184. The van der Waals surface area contributed by atoms with Gasteiger partial charge in [0.25, 0.3) is 0 Å². The molecule has 0 radical (unpaired) electrons. The van der Waals surface area contributed by atoms with E-state index in [1.807, 2.05) is 81.6 Å². The minimum atomic E-state index is -0.570. The highest BCUT2D eigenvalue weighted by atomic mass is 35.5. The SMILES string of the molecule is CCOC(=O)CC(c1cccc(Cl)c1)n1ccc2cc(OCCc3ccc4c(n3)N(C(=O)OC(C)(C)C)CCC4)ccc21. The minimum Gasteiger partial charge on any atom is -0.493 e. The number of aromatic nitrogens is 2. The van der Waals surface area contributed by atoms with Gasteiger partial charge in [-0.1, -0.05) is 29.8 Å². The molecule has 1 unspecified atom stereocenters. The number of amides is 1. The number of fused-ring (bicyclic) bond motifs is 2. The van der Waals surface area contributed by atoms with Crippen molar-refractivity contribution in [3.05, 3.63) is 88.7 Å². The standard InChI is InChI=1S/C34H38ClN3O5/c1-5-41-31(39)22-30(24-8-6-10-26(35)20-24)37-18-15-25-21-28(13-14-29(25)37)42-19-16-27-12-11-23-9-7-17-38(32(23)36-27)33(40)43-34(2,3)4/h6,8,10-15,18,20-21,30H,5,7,9,16-17,19,22H2,1-4H3. The summed E-state index contributed by atoms with van der Waals surface area (Å²) >= 11 is 6.29. The van der Waals surface area contributed by atoms with E-state index in [1.165, 1.54) is 0 Å².